The number of nitrogens with zero attached hydrogens (tertiary/aromatic N) is 1. The number of alkyl halides is 4. The summed E-state index contributed by atoms with van der Waals surface area (Å²) in [7, 11) is 0. The highest BCUT2D eigenvalue weighted by molar-refractivity contribution is 6.17. The van der Waals surface area contributed by atoms with E-state index in [4.69, 9.17) is 11.6 Å². The second-order valence-electron chi connectivity index (χ2n) is 2.82. The topological polar surface area (TPSA) is 22.1 Å². The second kappa shape index (κ2) is 6.81. The van der Waals surface area contributed by atoms with Gasteiger partial charge in [-0.05, 0) is 13.0 Å². The van der Waals surface area contributed by atoms with Crippen molar-refractivity contribution in [1.82, 2.24) is 4.98 Å². The average molecular weight is 276 g/mol. The number of ether oxygens (including phenoxy) is 1. The van der Waals surface area contributed by atoms with Gasteiger partial charge in [-0.1, -0.05) is 0 Å². The molecule has 1 heterocycles. The summed E-state index contributed by atoms with van der Waals surface area (Å²) in [6.07, 6.45) is -4.47. The first kappa shape index (κ1) is 15.3. The molecule has 7 heteroatoms. The average Bonchev–Trinajstić information content (AvgIpc) is 2.21. The molecule has 0 aliphatic heterocycles. The minimum atomic E-state index is -3.17. The van der Waals surface area contributed by atoms with Gasteiger partial charge in [0.2, 0.25) is 0 Å². The van der Waals surface area contributed by atoms with Crippen LogP contribution in [0, 0.1) is 6.92 Å². The zero-order valence-electron chi connectivity index (χ0n) is 8.29. The summed E-state index contributed by atoms with van der Waals surface area (Å²) in [6.45, 7) is 1.58. The minimum absolute atomic E-state index is 0. The summed E-state index contributed by atoms with van der Waals surface area (Å²) in [5.74, 6) is 0.155. The Bertz CT molecular complexity index is 339. The first-order valence-electron chi connectivity index (χ1n) is 4.15. The molecule has 92 valence electrons. The van der Waals surface area contributed by atoms with Crippen LogP contribution in [0.5, 0.6) is 5.75 Å². The molecular formula is C9H10Cl2F3NO. The van der Waals surface area contributed by atoms with Crippen LogP contribution in [0.1, 0.15) is 11.3 Å². The van der Waals surface area contributed by atoms with Crippen LogP contribution in [0.3, 0.4) is 0 Å². The Labute approximate surface area is 102 Å². The van der Waals surface area contributed by atoms with E-state index in [2.05, 4.69) is 9.72 Å². The lowest BCUT2D eigenvalue weighted by Crippen LogP contribution is -2.20. The number of aromatic nitrogens is 1. The summed E-state index contributed by atoms with van der Waals surface area (Å²) < 4.78 is 40.8. The Morgan fingerprint density at radius 2 is 2.06 bits per heavy atom. The fourth-order valence-corrected chi connectivity index (χ4v) is 1.26. The van der Waals surface area contributed by atoms with Crippen LogP contribution in [0.15, 0.2) is 12.3 Å². The van der Waals surface area contributed by atoms with Crippen LogP contribution < -0.4 is 4.74 Å². The van der Waals surface area contributed by atoms with E-state index in [-0.39, 0.29) is 24.0 Å². The minimum Gasteiger partial charge on any atom is -0.454 e. The maximum atomic E-state index is 12.6. The molecule has 0 fully saturated rings. The maximum absolute atomic E-state index is 12.6. The molecule has 2 nitrogen and oxygen atoms in total. The first-order chi connectivity index (χ1) is 7.06. The molecular weight excluding hydrogens is 266 g/mol. The Morgan fingerprint density at radius 1 is 1.44 bits per heavy atom. The summed E-state index contributed by atoms with van der Waals surface area (Å²) in [5, 5.41) is 0. The summed E-state index contributed by atoms with van der Waals surface area (Å²) in [5.41, 5.74) is 0.950. The van der Waals surface area contributed by atoms with Crippen molar-refractivity contribution in [3.63, 3.8) is 0 Å². The van der Waals surface area contributed by atoms with Crippen molar-refractivity contribution < 1.29 is 17.9 Å². The molecule has 0 bridgehead atoms. The number of halogens is 5. The highest BCUT2D eigenvalue weighted by Gasteiger charge is 2.22. The summed E-state index contributed by atoms with van der Waals surface area (Å²) in [4.78, 5) is 3.89. The third-order valence-corrected chi connectivity index (χ3v) is 2.08. The molecule has 0 aliphatic rings. The van der Waals surface area contributed by atoms with Crippen LogP contribution >= 0.6 is 24.0 Å². The monoisotopic (exact) mass is 275 g/mol. The first-order valence-corrected chi connectivity index (χ1v) is 4.69. The van der Waals surface area contributed by atoms with Gasteiger partial charge in [0.15, 0.2) is 0 Å². The number of rotatable bonds is 4. The molecule has 0 N–H and O–H groups in total. The smallest absolute Gasteiger partial charge is 0.304 e. The van der Waals surface area contributed by atoms with Gasteiger partial charge in [-0.3, -0.25) is 4.98 Å². The predicted octanol–water partition coefficient (Wildman–Crippen LogP) is 3.49. The van der Waals surface area contributed by atoms with Crippen LogP contribution in [-0.2, 0) is 5.88 Å². The van der Waals surface area contributed by atoms with Gasteiger partial charge in [-0.2, -0.15) is 4.39 Å². The van der Waals surface area contributed by atoms with Crippen molar-refractivity contribution in [1.29, 1.82) is 0 Å². The lowest BCUT2D eigenvalue weighted by Gasteiger charge is -2.13. The zero-order chi connectivity index (χ0) is 11.4. The number of hydrogen-bond donors (Lipinski definition) is 0. The van der Waals surface area contributed by atoms with Gasteiger partial charge in [-0.15, -0.1) is 24.0 Å². The molecule has 16 heavy (non-hydrogen) atoms. The fourth-order valence-electron chi connectivity index (χ4n) is 0.994. The van der Waals surface area contributed by atoms with E-state index in [1.807, 2.05) is 0 Å². The molecule has 0 saturated carbocycles. The molecule has 0 aromatic carbocycles. The molecule has 0 saturated heterocycles. The molecule has 1 aromatic heterocycles. The summed E-state index contributed by atoms with van der Waals surface area (Å²) in [6, 6.07) is 1.32. The third kappa shape index (κ3) is 3.72. The van der Waals surface area contributed by atoms with Crippen LogP contribution in [0.2, 0.25) is 0 Å². The van der Waals surface area contributed by atoms with Gasteiger partial charge in [0.25, 0.3) is 6.36 Å². The van der Waals surface area contributed by atoms with Gasteiger partial charge in [0.1, 0.15) is 5.75 Å². The van der Waals surface area contributed by atoms with Crippen LogP contribution in [-0.4, -0.2) is 17.8 Å². The lowest BCUT2D eigenvalue weighted by atomic mass is 10.2. The molecule has 0 aliphatic carbocycles. The third-order valence-electron chi connectivity index (χ3n) is 1.82. The highest BCUT2D eigenvalue weighted by Crippen LogP contribution is 2.23. The Balaban J connectivity index is 0.00000225. The van der Waals surface area contributed by atoms with Gasteiger partial charge in [0.05, 0.1) is 11.6 Å². The normalized spacial score (nSPS) is 12.1. The van der Waals surface area contributed by atoms with E-state index >= 15 is 0 Å². The molecule has 0 spiro atoms. The number of hydrogen-bond acceptors (Lipinski definition) is 2. The van der Waals surface area contributed by atoms with E-state index in [1.54, 1.807) is 6.92 Å². The Kier molecular flexibility index (Phi) is 6.52. The molecule has 0 amide bonds. The van der Waals surface area contributed by atoms with Gasteiger partial charge < -0.3 is 4.74 Å². The van der Waals surface area contributed by atoms with Crippen molar-refractivity contribution in [2.75, 3.05) is 0 Å². The molecule has 1 rings (SSSR count). The Morgan fingerprint density at radius 3 is 2.56 bits per heavy atom. The summed E-state index contributed by atoms with van der Waals surface area (Å²) >= 11 is 5.54. The quantitative estimate of drug-likeness (QED) is 0.785. The fraction of sp³-hybridized carbons (Fsp3) is 0.444. The van der Waals surface area contributed by atoms with Crippen LogP contribution in [0.25, 0.3) is 0 Å². The Hall–Kier alpha value is -0.680. The van der Waals surface area contributed by atoms with Gasteiger partial charge in [0, 0.05) is 11.8 Å². The highest BCUT2D eigenvalue weighted by atomic mass is 35.5. The molecule has 1 atom stereocenters. The predicted molar refractivity (Wildman–Crippen MR) is 57.3 cm³/mol. The van der Waals surface area contributed by atoms with E-state index in [0.717, 1.165) is 0 Å². The van der Waals surface area contributed by atoms with Crippen molar-refractivity contribution in [3.05, 3.63) is 23.5 Å². The van der Waals surface area contributed by atoms with Crippen molar-refractivity contribution in [2.24, 2.45) is 0 Å². The van der Waals surface area contributed by atoms with Crippen LogP contribution in [0.4, 0.5) is 13.2 Å². The number of pyridine rings is 1. The standard InChI is InChI=1S/C9H9ClF3NO.ClH/c1-5-6(4-10)14-3-2-7(5)15-9(13)8(11)12;/h2-3,8-9H,4H2,1H3;1H. The van der Waals surface area contributed by atoms with E-state index in [9.17, 15) is 13.2 Å². The van der Waals surface area contributed by atoms with Crippen molar-refractivity contribution >= 4 is 24.0 Å². The lowest BCUT2D eigenvalue weighted by molar-refractivity contribution is -0.0672. The van der Waals surface area contributed by atoms with E-state index in [1.165, 1.54) is 12.3 Å². The maximum Gasteiger partial charge on any atom is 0.304 e. The SMILES string of the molecule is Cc1c(OC(F)C(F)F)ccnc1CCl.Cl. The molecule has 1 aromatic rings. The van der Waals surface area contributed by atoms with E-state index in [0.29, 0.717) is 11.3 Å². The largest absolute Gasteiger partial charge is 0.454 e. The van der Waals surface area contributed by atoms with Gasteiger partial charge >= 0.3 is 6.43 Å². The van der Waals surface area contributed by atoms with Gasteiger partial charge in [-0.25, -0.2) is 8.78 Å². The molecule has 1 unspecified atom stereocenters. The zero-order valence-corrected chi connectivity index (χ0v) is 9.86. The second-order valence-corrected chi connectivity index (χ2v) is 3.09. The van der Waals surface area contributed by atoms with Crippen molar-refractivity contribution in [2.45, 2.75) is 25.6 Å². The molecule has 0 radical (unpaired) electrons. The van der Waals surface area contributed by atoms with E-state index < -0.39 is 12.8 Å². The van der Waals surface area contributed by atoms with Crippen molar-refractivity contribution in [3.8, 4) is 5.75 Å².